The van der Waals surface area contributed by atoms with E-state index in [2.05, 4.69) is 11.3 Å². The summed E-state index contributed by atoms with van der Waals surface area (Å²) in [6, 6.07) is 2.67. The van der Waals surface area contributed by atoms with Crippen molar-refractivity contribution in [2.75, 3.05) is 0 Å². The summed E-state index contributed by atoms with van der Waals surface area (Å²) in [4.78, 5) is 0. The van der Waals surface area contributed by atoms with Gasteiger partial charge in [0.1, 0.15) is 4.21 Å². The first-order valence-corrected chi connectivity index (χ1v) is 8.15. The summed E-state index contributed by atoms with van der Waals surface area (Å²) in [5.41, 5.74) is 0. The molecule has 0 saturated heterocycles. The summed E-state index contributed by atoms with van der Waals surface area (Å²) in [6.07, 6.45) is 1.23. The van der Waals surface area contributed by atoms with Gasteiger partial charge in [0.2, 0.25) is 10.0 Å². The van der Waals surface area contributed by atoms with Crippen LogP contribution in [-0.4, -0.2) is 25.7 Å². The second-order valence-corrected chi connectivity index (χ2v) is 7.08. The second kappa shape index (κ2) is 6.47. The molecule has 1 aromatic heterocycles. The molecule has 3 atom stereocenters. The summed E-state index contributed by atoms with van der Waals surface area (Å²) in [6.45, 7) is 7.36. The Morgan fingerprint density at radius 1 is 1.61 bits per heavy atom. The first kappa shape index (κ1) is 15.4. The number of thiophene rings is 1. The van der Waals surface area contributed by atoms with Crippen LogP contribution in [0.15, 0.2) is 34.4 Å². The molecule has 1 rings (SSSR count). The fourth-order valence-corrected chi connectivity index (χ4v) is 3.95. The zero-order valence-electron chi connectivity index (χ0n) is 10.5. The van der Waals surface area contributed by atoms with Crippen molar-refractivity contribution in [3.05, 3.63) is 30.2 Å². The molecule has 4 nitrogen and oxygen atoms in total. The highest BCUT2D eigenvalue weighted by molar-refractivity contribution is 7.91. The zero-order chi connectivity index (χ0) is 13.8. The van der Waals surface area contributed by atoms with E-state index in [4.69, 9.17) is 0 Å². The lowest BCUT2D eigenvalue weighted by Gasteiger charge is -2.26. The molecular weight excluding hydrogens is 270 g/mol. The van der Waals surface area contributed by atoms with Crippen molar-refractivity contribution in [3.8, 4) is 0 Å². The summed E-state index contributed by atoms with van der Waals surface area (Å²) in [5.74, 6) is 0.0211. The van der Waals surface area contributed by atoms with Crippen LogP contribution in [0.2, 0.25) is 0 Å². The number of sulfonamides is 1. The Labute approximate surface area is 112 Å². The van der Waals surface area contributed by atoms with Crippen molar-refractivity contribution < 1.29 is 13.5 Å². The predicted octanol–water partition coefficient (Wildman–Crippen LogP) is 1.99. The maximum absolute atomic E-state index is 12.1. The fourth-order valence-electron chi connectivity index (χ4n) is 1.58. The molecule has 102 valence electrons. The van der Waals surface area contributed by atoms with Gasteiger partial charge in [-0.2, -0.15) is 0 Å². The van der Waals surface area contributed by atoms with Gasteiger partial charge in [-0.15, -0.1) is 17.9 Å². The lowest BCUT2D eigenvalue weighted by atomic mass is 9.95. The first-order chi connectivity index (χ1) is 8.42. The summed E-state index contributed by atoms with van der Waals surface area (Å²) >= 11 is 1.15. The average Bonchev–Trinajstić information content (AvgIpc) is 2.88. The Kier molecular flexibility index (Phi) is 5.52. The molecule has 2 N–H and O–H groups in total. The van der Waals surface area contributed by atoms with Gasteiger partial charge in [-0.3, -0.25) is 0 Å². The molecule has 1 heterocycles. The van der Waals surface area contributed by atoms with Crippen molar-refractivity contribution in [1.82, 2.24) is 4.72 Å². The number of rotatable bonds is 7. The van der Waals surface area contributed by atoms with Crippen LogP contribution in [0.25, 0.3) is 0 Å². The van der Waals surface area contributed by atoms with Crippen LogP contribution in [0, 0.1) is 5.92 Å². The lowest BCUT2D eigenvalue weighted by molar-refractivity contribution is 0.153. The zero-order valence-corrected chi connectivity index (χ0v) is 12.2. The van der Waals surface area contributed by atoms with Gasteiger partial charge in [-0.25, -0.2) is 13.1 Å². The molecular formula is C12H19NO3S2. The molecule has 0 fully saturated rings. The van der Waals surface area contributed by atoms with Crippen LogP contribution in [0.4, 0.5) is 0 Å². The van der Waals surface area contributed by atoms with Gasteiger partial charge in [0, 0.05) is 0 Å². The van der Waals surface area contributed by atoms with E-state index in [1.807, 2.05) is 13.8 Å². The number of hydrogen-bond donors (Lipinski definition) is 2. The van der Waals surface area contributed by atoms with Crippen molar-refractivity contribution in [1.29, 1.82) is 0 Å². The maximum Gasteiger partial charge on any atom is 0.250 e. The highest BCUT2D eigenvalue weighted by atomic mass is 32.2. The molecule has 18 heavy (non-hydrogen) atoms. The minimum Gasteiger partial charge on any atom is -0.387 e. The molecule has 0 amide bonds. The monoisotopic (exact) mass is 289 g/mol. The first-order valence-electron chi connectivity index (χ1n) is 5.78. The van der Waals surface area contributed by atoms with Crippen LogP contribution in [0.3, 0.4) is 0 Å². The van der Waals surface area contributed by atoms with Crippen LogP contribution < -0.4 is 4.72 Å². The van der Waals surface area contributed by atoms with Crippen LogP contribution in [-0.2, 0) is 10.0 Å². The molecule has 0 aromatic carbocycles. The van der Waals surface area contributed by atoms with Crippen molar-refractivity contribution >= 4 is 21.4 Å². The standard InChI is InChI=1S/C12H19NO3S2/c1-4-9(3)12(10(14)5-2)13-18(15,16)11-7-6-8-17-11/h5-10,12-14H,2,4H2,1,3H3/t9-,10-,12?/m0/s1. The molecule has 6 heteroatoms. The van der Waals surface area contributed by atoms with Gasteiger partial charge in [0.25, 0.3) is 0 Å². The third-order valence-electron chi connectivity index (χ3n) is 2.92. The number of hydrogen-bond acceptors (Lipinski definition) is 4. The van der Waals surface area contributed by atoms with Gasteiger partial charge < -0.3 is 5.11 Å². The molecule has 0 aliphatic carbocycles. The summed E-state index contributed by atoms with van der Waals surface area (Å²) < 4.78 is 27.0. The smallest absolute Gasteiger partial charge is 0.250 e. The van der Waals surface area contributed by atoms with Gasteiger partial charge in [-0.1, -0.05) is 32.4 Å². The molecule has 1 aromatic rings. The van der Waals surface area contributed by atoms with Crippen LogP contribution >= 0.6 is 11.3 Å². The quantitative estimate of drug-likeness (QED) is 0.754. The molecule has 0 radical (unpaired) electrons. The minimum atomic E-state index is -3.57. The van der Waals surface area contributed by atoms with Gasteiger partial charge in [-0.05, 0) is 17.4 Å². The number of aliphatic hydroxyl groups excluding tert-OH is 1. The number of nitrogens with one attached hydrogen (secondary N) is 1. The summed E-state index contributed by atoms with van der Waals surface area (Å²) in [5, 5.41) is 11.5. The van der Waals surface area contributed by atoms with Crippen LogP contribution in [0.5, 0.6) is 0 Å². The Morgan fingerprint density at radius 3 is 2.72 bits per heavy atom. The van der Waals surface area contributed by atoms with Crippen molar-refractivity contribution in [3.63, 3.8) is 0 Å². The van der Waals surface area contributed by atoms with E-state index in [0.717, 1.165) is 17.8 Å². The third kappa shape index (κ3) is 3.65. The van der Waals surface area contributed by atoms with E-state index < -0.39 is 22.2 Å². The maximum atomic E-state index is 12.1. The molecule has 1 unspecified atom stereocenters. The molecule has 0 bridgehead atoms. The Balaban J connectivity index is 2.93. The SMILES string of the molecule is C=C[C@H](O)C(NS(=O)(=O)c1cccs1)[C@@H](C)CC. The Hall–Kier alpha value is -0.690. The van der Waals surface area contributed by atoms with E-state index in [-0.39, 0.29) is 10.1 Å². The largest absolute Gasteiger partial charge is 0.387 e. The summed E-state index contributed by atoms with van der Waals surface area (Å²) in [7, 11) is -3.57. The predicted molar refractivity (Wildman–Crippen MR) is 74.1 cm³/mol. The van der Waals surface area contributed by atoms with Crippen molar-refractivity contribution in [2.24, 2.45) is 5.92 Å². The van der Waals surface area contributed by atoms with E-state index in [9.17, 15) is 13.5 Å². The van der Waals surface area contributed by atoms with E-state index >= 15 is 0 Å². The average molecular weight is 289 g/mol. The highest BCUT2D eigenvalue weighted by Gasteiger charge is 2.28. The van der Waals surface area contributed by atoms with E-state index in [0.29, 0.717) is 0 Å². The molecule has 0 saturated carbocycles. The number of aliphatic hydroxyl groups is 1. The van der Waals surface area contributed by atoms with Crippen LogP contribution in [0.1, 0.15) is 20.3 Å². The van der Waals surface area contributed by atoms with Crippen molar-refractivity contribution in [2.45, 2.75) is 36.6 Å². The normalized spacial score (nSPS) is 17.1. The highest BCUT2D eigenvalue weighted by Crippen LogP contribution is 2.19. The van der Waals surface area contributed by atoms with E-state index in [1.54, 1.807) is 17.5 Å². The minimum absolute atomic E-state index is 0.0211. The second-order valence-electron chi connectivity index (χ2n) is 4.19. The molecule has 0 aliphatic rings. The Morgan fingerprint density at radius 2 is 2.28 bits per heavy atom. The third-order valence-corrected chi connectivity index (χ3v) is 5.77. The lowest BCUT2D eigenvalue weighted by Crippen LogP contribution is -2.46. The van der Waals surface area contributed by atoms with E-state index in [1.165, 1.54) is 6.08 Å². The molecule has 0 aliphatic heterocycles. The van der Waals surface area contributed by atoms with Gasteiger partial charge >= 0.3 is 0 Å². The van der Waals surface area contributed by atoms with Gasteiger partial charge in [0.05, 0.1) is 12.1 Å². The fraction of sp³-hybridized carbons (Fsp3) is 0.500. The topological polar surface area (TPSA) is 66.4 Å². The van der Waals surface area contributed by atoms with Gasteiger partial charge in [0.15, 0.2) is 0 Å². The Bertz CT molecular complexity index is 468. The molecule has 0 spiro atoms.